The van der Waals surface area contributed by atoms with Gasteiger partial charge >= 0.3 is 0 Å². The highest BCUT2D eigenvalue weighted by Gasteiger charge is 2.06. The van der Waals surface area contributed by atoms with Crippen molar-refractivity contribution in [1.29, 1.82) is 0 Å². The molecule has 0 bridgehead atoms. The van der Waals surface area contributed by atoms with Crippen LogP contribution in [0.2, 0.25) is 0 Å². The fourth-order valence-corrected chi connectivity index (χ4v) is 1.25. The van der Waals surface area contributed by atoms with Crippen molar-refractivity contribution in [3.8, 4) is 0 Å². The number of aryl methyl sites for hydroxylation is 1. The standard InChI is InChI=1S/C11H16N2O/c1-4-5-10-6-7-12-11(8-10)13(3)9(2)14/h6-8H,4-5H2,1-3H3. The lowest BCUT2D eigenvalue weighted by Gasteiger charge is -2.14. The number of anilines is 1. The maximum atomic E-state index is 11.1. The van der Waals surface area contributed by atoms with Crippen molar-refractivity contribution < 1.29 is 4.79 Å². The normalized spacial score (nSPS) is 9.93. The zero-order valence-electron chi connectivity index (χ0n) is 8.95. The molecule has 0 aromatic carbocycles. The molecular formula is C11H16N2O. The van der Waals surface area contributed by atoms with Crippen molar-refractivity contribution in [2.45, 2.75) is 26.7 Å². The second-order valence-electron chi connectivity index (χ2n) is 3.35. The molecule has 1 aromatic rings. The average Bonchev–Trinajstić information content (AvgIpc) is 2.17. The Morgan fingerprint density at radius 1 is 1.57 bits per heavy atom. The summed E-state index contributed by atoms with van der Waals surface area (Å²) >= 11 is 0. The summed E-state index contributed by atoms with van der Waals surface area (Å²) in [6.07, 6.45) is 3.88. The third-order valence-corrected chi connectivity index (χ3v) is 2.16. The van der Waals surface area contributed by atoms with E-state index in [0.29, 0.717) is 0 Å². The Morgan fingerprint density at radius 3 is 2.86 bits per heavy atom. The molecule has 1 amide bonds. The van der Waals surface area contributed by atoms with Gasteiger partial charge in [-0.2, -0.15) is 0 Å². The number of nitrogens with zero attached hydrogens (tertiary/aromatic N) is 2. The van der Waals surface area contributed by atoms with Crippen molar-refractivity contribution in [1.82, 2.24) is 4.98 Å². The van der Waals surface area contributed by atoms with Gasteiger partial charge in [0.15, 0.2) is 0 Å². The molecule has 1 heterocycles. The van der Waals surface area contributed by atoms with E-state index in [1.165, 1.54) is 12.5 Å². The van der Waals surface area contributed by atoms with Gasteiger partial charge in [-0.25, -0.2) is 4.98 Å². The predicted molar refractivity (Wildman–Crippen MR) is 57.3 cm³/mol. The van der Waals surface area contributed by atoms with Crippen LogP contribution in [-0.4, -0.2) is 17.9 Å². The van der Waals surface area contributed by atoms with Gasteiger partial charge in [0.1, 0.15) is 5.82 Å². The third kappa shape index (κ3) is 2.55. The van der Waals surface area contributed by atoms with Crippen molar-refractivity contribution in [2.24, 2.45) is 0 Å². The third-order valence-electron chi connectivity index (χ3n) is 2.16. The molecule has 0 aliphatic heterocycles. The van der Waals surface area contributed by atoms with E-state index < -0.39 is 0 Å². The quantitative estimate of drug-likeness (QED) is 0.734. The molecule has 0 fully saturated rings. The molecule has 3 nitrogen and oxygen atoms in total. The Morgan fingerprint density at radius 2 is 2.29 bits per heavy atom. The zero-order chi connectivity index (χ0) is 10.6. The van der Waals surface area contributed by atoms with Crippen LogP contribution in [-0.2, 0) is 11.2 Å². The summed E-state index contributed by atoms with van der Waals surface area (Å²) in [6.45, 7) is 3.67. The summed E-state index contributed by atoms with van der Waals surface area (Å²) in [5, 5.41) is 0. The van der Waals surface area contributed by atoms with Crippen LogP contribution in [0.5, 0.6) is 0 Å². The largest absolute Gasteiger partial charge is 0.300 e. The molecule has 1 aromatic heterocycles. The summed E-state index contributed by atoms with van der Waals surface area (Å²) in [4.78, 5) is 16.8. The number of rotatable bonds is 3. The molecule has 0 saturated carbocycles. The SMILES string of the molecule is CCCc1ccnc(N(C)C(C)=O)c1. The lowest BCUT2D eigenvalue weighted by atomic mass is 10.1. The topological polar surface area (TPSA) is 33.2 Å². The van der Waals surface area contributed by atoms with Crippen LogP contribution in [0, 0.1) is 0 Å². The van der Waals surface area contributed by atoms with E-state index in [2.05, 4.69) is 11.9 Å². The average molecular weight is 192 g/mol. The number of hydrogen-bond donors (Lipinski definition) is 0. The Labute approximate surface area is 84.8 Å². The van der Waals surface area contributed by atoms with Gasteiger partial charge in [-0.15, -0.1) is 0 Å². The highest BCUT2D eigenvalue weighted by atomic mass is 16.2. The second kappa shape index (κ2) is 4.74. The van der Waals surface area contributed by atoms with E-state index in [1.807, 2.05) is 12.1 Å². The van der Waals surface area contributed by atoms with E-state index in [4.69, 9.17) is 0 Å². The molecule has 0 radical (unpaired) electrons. The molecule has 0 aliphatic rings. The minimum Gasteiger partial charge on any atom is -0.300 e. The van der Waals surface area contributed by atoms with Crippen molar-refractivity contribution in [3.05, 3.63) is 23.9 Å². The Kier molecular flexibility index (Phi) is 3.63. The zero-order valence-corrected chi connectivity index (χ0v) is 8.95. The first-order valence-electron chi connectivity index (χ1n) is 4.84. The van der Waals surface area contributed by atoms with Crippen LogP contribution in [0.25, 0.3) is 0 Å². The number of aromatic nitrogens is 1. The summed E-state index contributed by atoms with van der Waals surface area (Å²) in [7, 11) is 1.74. The molecule has 14 heavy (non-hydrogen) atoms. The summed E-state index contributed by atoms with van der Waals surface area (Å²) in [5.74, 6) is 0.731. The van der Waals surface area contributed by atoms with Gasteiger partial charge in [-0.1, -0.05) is 13.3 Å². The van der Waals surface area contributed by atoms with Gasteiger partial charge in [-0.05, 0) is 24.1 Å². The first-order chi connectivity index (χ1) is 6.65. The van der Waals surface area contributed by atoms with Crippen LogP contribution in [0.1, 0.15) is 25.8 Å². The highest BCUT2D eigenvalue weighted by molar-refractivity contribution is 5.89. The second-order valence-corrected chi connectivity index (χ2v) is 3.35. The fraction of sp³-hybridized carbons (Fsp3) is 0.455. The molecule has 1 rings (SSSR count). The van der Waals surface area contributed by atoms with E-state index in [-0.39, 0.29) is 5.91 Å². The Balaban J connectivity index is 2.87. The van der Waals surface area contributed by atoms with Crippen LogP contribution in [0.3, 0.4) is 0 Å². The first kappa shape index (κ1) is 10.7. The number of hydrogen-bond acceptors (Lipinski definition) is 2. The lowest BCUT2D eigenvalue weighted by Crippen LogP contribution is -2.23. The molecule has 0 N–H and O–H groups in total. The Hall–Kier alpha value is -1.38. The minimum atomic E-state index is 0.00569. The van der Waals surface area contributed by atoms with Crippen molar-refractivity contribution in [2.75, 3.05) is 11.9 Å². The number of pyridine rings is 1. The monoisotopic (exact) mass is 192 g/mol. The van der Waals surface area contributed by atoms with Gasteiger partial charge < -0.3 is 4.90 Å². The van der Waals surface area contributed by atoms with Gasteiger partial charge in [0.25, 0.3) is 0 Å². The molecule has 0 saturated heterocycles. The summed E-state index contributed by atoms with van der Waals surface area (Å²) in [5.41, 5.74) is 1.23. The predicted octanol–water partition coefficient (Wildman–Crippen LogP) is 2.02. The fourth-order valence-electron chi connectivity index (χ4n) is 1.25. The van der Waals surface area contributed by atoms with E-state index >= 15 is 0 Å². The van der Waals surface area contributed by atoms with Crippen LogP contribution < -0.4 is 4.90 Å². The highest BCUT2D eigenvalue weighted by Crippen LogP contribution is 2.12. The van der Waals surface area contributed by atoms with E-state index in [0.717, 1.165) is 18.7 Å². The van der Waals surface area contributed by atoms with Crippen LogP contribution in [0.15, 0.2) is 18.3 Å². The first-order valence-corrected chi connectivity index (χ1v) is 4.84. The molecular weight excluding hydrogens is 176 g/mol. The maximum Gasteiger partial charge on any atom is 0.224 e. The van der Waals surface area contributed by atoms with Gasteiger partial charge in [0, 0.05) is 20.2 Å². The summed E-state index contributed by atoms with van der Waals surface area (Å²) in [6, 6.07) is 3.95. The molecule has 0 atom stereocenters. The Bertz CT molecular complexity index is 323. The molecule has 76 valence electrons. The van der Waals surface area contributed by atoms with Gasteiger partial charge in [0.05, 0.1) is 0 Å². The molecule has 3 heteroatoms. The van der Waals surface area contributed by atoms with E-state index in [1.54, 1.807) is 18.1 Å². The lowest BCUT2D eigenvalue weighted by molar-refractivity contribution is -0.116. The van der Waals surface area contributed by atoms with Crippen LogP contribution >= 0.6 is 0 Å². The van der Waals surface area contributed by atoms with Crippen molar-refractivity contribution in [3.63, 3.8) is 0 Å². The summed E-state index contributed by atoms with van der Waals surface area (Å²) < 4.78 is 0. The van der Waals surface area contributed by atoms with Gasteiger partial charge in [-0.3, -0.25) is 4.79 Å². The van der Waals surface area contributed by atoms with Gasteiger partial charge in [0.2, 0.25) is 5.91 Å². The number of amides is 1. The van der Waals surface area contributed by atoms with Crippen LogP contribution in [0.4, 0.5) is 5.82 Å². The number of carbonyl (C=O) groups is 1. The molecule has 0 spiro atoms. The smallest absolute Gasteiger partial charge is 0.224 e. The van der Waals surface area contributed by atoms with Crippen molar-refractivity contribution >= 4 is 11.7 Å². The minimum absolute atomic E-state index is 0.00569. The maximum absolute atomic E-state index is 11.1. The number of carbonyl (C=O) groups excluding carboxylic acids is 1. The molecule has 0 aliphatic carbocycles. The van der Waals surface area contributed by atoms with E-state index in [9.17, 15) is 4.79 Å². The molecule has 0 unspecified atom stereocenters.